The number of allylic oxidation sites excluding steroid dienone is 1. The first kappa shape index (κ1) is 24.5. The minimum Gasteiger partial charge on any atom is -0.499 e. The zero-order valence-electron chi connectivity index (χ0n) is 16.1. The average molecular weight is 444 g/mol. The predicted molar refractivity (Wildman–Crippen MR) is 109 cm³/mol. The Hall–Kier alpha value is -0.530. The summed E-state index contributed by atoms with van der Waals surface area (Å²) in [6.45, 7) is 4.89. The lowest BCUT2D eigenvalue weighted by Crippen LogP contribution is -2.55. The van der Waals surface area contributed by atoms with Gasteiger partial charge in [0.1, 0.15) is 18.0 Å². The Kier molecular flexibility index (Phi) is 9.86. The van der Waals surface area contributed by atoms with Crippen LogP contribution >= 0.6 is 34.8 Å². The molecule has 156 valence electrons. The monoisotopic (exact) mass is 442 g/mol. The van der Waals surface area contributed by atoms with Crippen molar-refractivity contribution in [3.8, 4) is 0 Å². The normalized spacial score (nSPS) is 28.7. The zero-order chi connectivity index (χ0) is 20.8. The Morgan fingerprint density at radius 2 is 1.89 bits per heavy atom. The second kappa shape index (κ2) is 10.9. The van der Waals surface area contributed by atoms with Crippen molar-refractivity contribution in [2.75, 3.05) is 7.11 Å². The van der Waals surface area contributed by atoms with Crippen LogP contribution in [0.2, 0.25) is 0 Å². The third-order valence-corrected chi connectivity index (χ3v) is 5.23. The minimum absolute atomic E-state index is 0.0394. The summed E-state index contributed by atoms with van der Waals surface area (Å²) in [6.07, 6.45) is 5.35. The largest absolute Gasteiger partial charge is 0.499 e. The summed E-state index contributed by atoms with van der Waals surface area (Å²) in [4.78, 5) is 11.3. The number of nitrogens with two attached hydrogens (primary N) is 1. The predicted octanol–water partition coefficient (Wildman–Crippen LogP) is 4.15. The van der Waals surface area contributed by atoms with E-state index in [0.29, 0.717) is 12.3 Å². The van der Waals surface area contributed by atoms with Gasteiger partial charge in [-0.05, 0) is 38.2 Å². The van der Waals surface area contributed by atoms with E-state index >= 15 is 0 Å². The molecular weight excluding hydrogens is 415 g/mol. The van der Waals surface area contributed by atoms with Crippen LogP contribution in [0.1, 0.15) is 46.5 Å². The molecule has 1 saturated carbocycles. The fourth-order valence-electron chi connectivity index (χ4n) is 2.80. The molecule has 0 radical (unpaired) electrons. The first-order valence-corrected chi connectivity index (χ1v) is 10.1. The number of rotatable bonds is 5. The number of nitrogens with one attached hydrogen (secondary N) is 1. The third kappa shape index (κ3) is 8.16. The van der Waals surface area contributed by atoms with Gasteiger partial charge in [-0.25, -0.2) is 0 Å². The number of halogens is 3. The van der Waals surface area contributed by atoms with Crippen molar-refractivity contribution in [2.45, 2.75) is 74.6 Å². The Balaban J connectivity index is 0.000000445. The molecule has 0 amide bonds. The number of methoxy groups -OCH3 is 1. The van der Waals surface area contributed by atoms with Crippen molar-refractivity contribution >= 4 is 46.5 Å². The van der Waals surface area contributed by atoms with Crippen molar-refractivity contribution in [3.05, 3.63) is 11.8 Å². The lowest BCUT2D eigenvalue weighted by atomic mass is 9.92. The molecule has 1 saturated heterocycles. The summed E-state index contributed by atoms with van der Waals surface area (Å²) in [5.74, 6) is 1.02. The van der Waals surface area contributed by atoms with Gasteiger partial charge in [-0.2, -0.15) is 0 Å². The topological polar surface area (TPSA) is 94.6 Å². The number of esters is 1. The van der Waals surface area contributed by atoms with E-state index in [1.54, 1.807) is 7.11 Å². The molecular formula is C18H29Cl3N2O4. The molecule has 0 spiro atoms. The quantitative estimate of drug-likeness (QED) is 0.288. The highest BCUT2D eigenvalue weighted by molar-refractivity contribution is 6.76. The van der Waals surface area contributed by atoms with Gasteiger partial charge in [0, 0.05) is 13.3 Å². The summed E-state index contributed by atoms with van der Waals surface area (Å²) in [7, 11) is 1.62. The molecule has 2 fully saturated rings. The zero-order valence-corrected chi connectivity index (χ0v) is 18.4. The molecule has 27 heavy (non-hydrogen) atoms. The van der Waals surface area contributed by atoms with E-state index in [2.05, 4.69) is 0 Å². The standard InChI is InChI=1S/C15H25NO4.C3H4Cl3N/c1-4-5-11(18-3)15-14(16)13(19-9(2)17)8-12(20-15)10-6-7-10;1-2(7)3(4,5)6/h5,10,12-15H,4,6-8,16H2,1-3H3;7H,1H3/b11-5-;/t12-,13?,14-,15?;/m0./s1. The second-order valence-corrected chi connectivity index (χ2v) is 9.02. The number of hydrogen-bond donors (Lipinski definition) is 2. The number of carbonyl (C=O) groups excluding carboxylic acids is 1. The number of hydrogen-bond acceptors (Lipinski definition) is 6. The van der Waals surface area contributed by atoms with Crippen LogP contribution in [0.3, 0.4) is 0 Å². The third-order valence-electron chi connectivity index (χ3n) is 4.38. The van der Waals surface area contributed by atoms with Crippen LogP contribution in [0.25, 0.3) is 0 Å². The Bertz CT molecular complexity index is 547. The maximum absolute atomic E-state index is 11.3. The van der Waals surface area contributed by atoms with Crippen LogP contribution in [0.4, 0.5) is 0 Å². The molecule has 2 aliphatic rings. The van der Waals surface area contributed by atoms with Crippen LogP contribution in [0.15, 0.2) is 11.8 Å². The van der Waals surface area contributed by atoms with Gasteiger partial charge in [-0.3, -0.25) is 4.79 Å². The molecule has 1 heterocycles. The Morgan fingerprint density at radius 3 is 2.26 bits per heavy atom. The van der Waals surface area contributed by atoms with E-state index in [9.17, 15) is 4.79 Å². The fraction of sp³-hybridized carbons (Fsp3) is 0.778. The second-order valence-electron chi connectivity index (χ2n) is 6.74. The molecule has 9 heteroatoms. The lowest BCUT2D eigenvalue weighted by molar-refractivity contribution is -0.164. The first-order valence-electron chi connectivity index (χ1n) is 8.95. The fourth-order valence-corrected chi connectivity index (χ4v) is 2.80. The van der Waals surface area contributed by atoms with Gasteiger partial charge in [-0.15, -0.1) is 0 Å². The summed E-state index contributed by atoms with van der Waals surface area (Å²) in [5, 5.41) is 6.75. The highest BCUT2D eigenvalue weighted by Crippen LogP contribution is 2.41. The van der Waals surface area contributed by atoms with E-state index in [-0.39, 0.29) is 36.0 Å². The van der Waals surface area contributed by atoms with Crippen LogP contribution < -0.4 is 5.73 Å². The number of ether oxygens (including phenoxy) is 3. The maximum Gasteiger partial charge on any atom is 0.302 e. The van der Waals surface area contributed by atoms with Gasteiger partial charge < -0.3 is 25.4 Å². The summed E-state index contributed by atoms with van der Waals surface area (Å²) in [6, 6.07) is -0.383. The molecule has 1 aliphatic carbocycles. The van der Waals surface area contributed by atoms with Crippen molar-refractivity contribution in [3.63, 3.8) is 0 Å². The van der Waals surface area contributed by atoms with Crippen LogP contribution in [0, 0.1) is 11.3 Å². The smallest absolute Gasteiger partial charge is 0.302 e. The Morgan fingerprint density at radius 1 is 1.33 bits per heavy atom. The van der Waals surface area contributed by atoms with Crippen molar-refractivity contribution in [1.29, 1.82) is 5.41 Å². The van der Waals surface area contributed by atoms with Crippen LogP contribution in [0.5, 0.6) is 0 Å². The molecule has 6 nitrogen and oxygen atoms in total. The SMILES string of the molecule is CC(=N)C(Cl)(Cl)Cl.CC/C=C(\OC)C1O[C@H](C2CC2)CC(OC(C)=O)[C@@H]1N. The van der Waals surface area contributed by atoms with Gasteiger partial charge in [0.25, 0.3) is 0 Å². The summed E-state index contributed by atoms with van der Waals surface area (Å²) < 4.78 is 15.4. The molecule has 4 atom stereocenters. The van der Waals surface area contributed by atoms with Gasteiger partial charge >= 0.3 is 5.97 Å². The Labute approximate surface area is 176 Å². The molecule has 2 rings (SSSR count). The minimum atomic E-state index is -1.50. The number of carbonyl (C=O) groups is 1. The van der Waals surface area contributed by atoms with E-state index in [0.717, 1.165) is 12.2 Å². The molecule has 0 aromatic heterocycles. The van der Waals surface area contributed by atoms with Crippen molar-refractivity contribution < 1.29 is 19.0 Å². The molecule has 3 N–H and O–H groups in total. The van der Waals surface area contributed by atoms with Gasteiger partial charge in [0.05, 0.1) is 25.0 Å². The maximum atomic E-state index is 11.3. The van der Waals surface area contributed by atoms with Crippen molar-refractivity contribution in [1.82, 2.24) is 0 Å². The van der Waals surface area contributed by atoms with Gasteiger partial charge in [-0.1, -0.05) is 41.7 Å². The molecule has 1 aliphatic heterocycles. The molecule has 2 unspecified atom stereocenters. The number of alkyl halides is 3. The molecule has 0 aromatic carbocycles. The van der Waals surface area contributed by atoms with Gasteiger partial charge in [0.15, 0.2) is 0 Å². The first-order chi connectivity index (χ1) is 12.5. The highest BCUT2D eigenvalue weighted by atomic mass is 35.6. The van der Waals surface area contributed by atoms with Gasteiger partial charge in [0.2, 0.25) is 3.79 Å². The van der Waals surface area contributed by atoms with E-state index in [1.165, 1.54) is 26.7 Å². The highest BCUT2D eigenvalue weighted by Gasteiger charge is 2.45. The van der Waals surface area contributed by atoms with Crippen LogP contribution in [-0.2, 0) is 19.0 Å². The lowest BCUT2D eigenvalue weighted by Gasteiger charge is -2.40. The summed E-state index contributed by atoms with van der Waals surface area (Å²) >= 11 is 15.5. The van der Waals surface area contributed by atoms with E-state index in [4.69, 9.17) is 60.2 Å². The average Bonchev–Trinajstić information content (AvgIpc) is 3.39. The summed E-state index contributed by atoms with van der Waals surface area (Å²) in [5.41, 5.74) is 6.28. The van der Waals surface area contributed by atoms with Crippen molar-refractivity contribution in [2.24, 2.45) is 11.7 Å². The van der Waals surface area contributed by atoms with E-state index < -0.39 is 3.79 Å². The van der Waals surface area contributed by atoms with E-state index in [1.807, 2.05) is 13.0 Å². The molecule has 0 aromatic rings. The molecule has 0 bridgehead atoms. The van der Waals surface area contributed by atoms with Crippen LogP contribution in [-0.4, -0.2) is 46.9 Å².